The lowest BCUT2D eigenvalue weighted by atomic mass is 10.00. The zero-order valence-corrected chi connectivity index (χ0v) is 11.9. The lowest BCUT2D eigenvalue weighted by Crippen LogP contribution is -2.25. The maximum atomic E-state index is 6.30. The van der Waals surface area contributed by atoms with Crippen LogP contribution in [0.2, 0.25) is 0 Å². The Kier molecular flexibility index (Phi) is 4.41. The first-order valence-electron chi connectivity index (χ1n) is 7.07. The van der Waals surface area contributed by atoms with Gasteiger partial charge in [0.25, 0.3) is 0 Å². The first-order valence-corrected chi connectivity index (χ1v) is 7.07. The van der Waals surface area contributed by atoms with Gasteiger partial charge in [0.15, 0.2) is 0 Å². The molecule has 0 aliphatic heterocycles. The van der Waals surface area contributed by atoms with E-state index in [2.05, 4.69) is 44.0 Å². The molecule has 100 valence electrons. The fourth-order valence-electron chi connectivity index (χ4n) is 2.58. The van der Waals surface area contributed by atoms with Crippen LogP contribution in [0, 0.1) is 19.8 Å². The van der Waals surface area contributed by atoms with Gasteiger partial charge in [0, 0.05) is 12.6 Å². The molecule has 1 fully saturated rings. The summed E-state index contributed by atoms with van der Waals surface area (Å²) in [6.45, 7) is 6.63. The smallest absolute Gasteiger partial charge is 0.0307 e. The third kappa shape index (κ3) is 4.11. The standard InChI is InChI=1S/C16H26N2/c1-12-8-13(2)10-15(9-12)16(17)6-7-18(3)11-14-4-5-14/h8-10,14,16H,4-7,11,17H2,1-3H3. The van der Waals surface area contributed by atoms with Gasteiger partial charge in [0.05, 0.1) is 0 Å². The second kappa shape index (κ2) is 5.85. The summed E-state index contributed by atoms with van der Waals surface area (Å²) in [7, 11) is 2.21. The summed E-state index contributed by atoms with van der Waals surface area (Å²) in [6, 6.07) is 6.82. The quantitative estimate of drug-likeness (QED) is 0.836. The Morgan fingerprint density at radius 3 is 2.39 bits per heavy atom. The minimum atomic E-state index is 0.172. The van der Waals surface area contributed by atoms with Crippen LogP contribution in [0.25, 0.3) is 0 Å². The van der Waals surface area contributed by atoms with E-state index in [0.717, 1.165) is 18.9 Å². The van der Waals surface area contributed by atoms with Crippen LogP contribution in [0.3, 0.4) is 0 Å². The number of aryl methyl sites for hydroxylation is 2. The van der Waals surface area contributed by atoms with Gasteiger partial charge >= 0.3 is 0 Å². The maximum absolute atomic E-state index is 6.30. The number of rotatable bonds is 6. The van der Waals surface area contributed by atoms with Gasteiger partial charge in [-0.25, -0.2) is 0 Å². The highest BCUT2D eigenvalue weighted by molar-refractivity contribution is 5.30. The fourth-order valence-corrected chi connectivity index (χ4v) is 2.58. The van der Waals surface area contributed by atoms with Crippen LogP contribution < -0.4 is 5.73 Å². The van der Waals surface area contributed by atoms with Gasteiger partial charge < -0.3 is 10.6 Å². The Morgan fingerprint density at radius 1 is 1.22 bits per heavy atom. The molecule has 0 amide bonds. The van der Waals surface area contributed by atoms with Crippen LogP contribution >= 0.6 is 0 Å². The van der Waals surface area contributed by atoms with Gasteiger partial charge in [-0.15, -0.1) is 0 Å². The monoisotopic (exact) mass is 246 g/mol. The van der Waals surface area contributed by atoms with E-state index in [4.69, 9.17) is 5.73 Å². The van der Waals surface area contributed by atoms with Crippen LogP contribution in [0.1, 0.15) is 42.0 Å². The molecular weight excluding hydrogens is 220 g/mol. The maximum Gasteiger partial charge on any atom is 0.0307 e. The van der Waals surface area contributed by atoms with Crippen molar-refractivity contribution in [2.45, 2.75) is 39.2 Å². The molecule has 2 heteroatoms. The van der Waals surface area contributed by atoms with Crippen LogP contribution in [0.4, 0.5) is 0 Å². The van der Waals surface area contributed by atoms with E-state index in [9.17, 15) is 0 Å². The predicted molar refractivity (Wildman–Crippen MR) is 77.7 cm³/mol. The van der Waals surface area contributed by atoms with Gasteiger partial charge in [-0.3, -0.25) is 0 Å². The summed E-state index contributed by atoms with van der Waals surface area (Å²) in [4.78, 5) is 2.43. The molecule has 0 aromatic heterocycles. The van der Waals surface area contributed by atoms with Crippen LogP contribution in [0.5, 0.6) is 0 Å². The molecule has 1 saturated carbocycles. The highest BCUT2D eigenvalue weighted by Crippen LogP contribution is 2.29. The Hall–Kier alpha value is -0.860. The minimum absolute atomic E-state index is 0.172. The molecule has 1 aliphatic rings. The Labute approximate surface area is 111 Å². The van der Waals surface area contributed by atoms with Crippen molar-refractivity contribution in [3.8, 4) is 0 Å². The first-order chi connectivity index (χ1) is 8.54. The molecule has 18 heavy (non-hydrogen) atoms. The molecular formula is C16H26N2. The van der Waals surface area contributed by atoms with Gasteiger partial charge in [-0.1, -0.05) is 29.3 Å². The van der Waals surface area contributed by atoms with Gasteiger partial charge in [0.2, 0.25) is 0 Å². The third-order valence-corrected chi connectivity index (χ3v) is 3.76. The summed E-state index contributed by atoms with van der Waals surface area (Å²) < 4.78 is 0. The molecule has 0 spiro atoms. The molecule has 2 nitrogen and oxygen atoms in total. The molecule has 1 aromatic carbocycles. The van der Waals surface area contributed by atoms with E-state index in [0.29, 0.717) is 0 Å². The van der Waals surface area contributed by atoms with Crippen molar-refractivity contribution in [1.82, 2.24) is 4.90 Å². The van der Waals surface area contributed by atoms with Crippen molar-refractivity contribution in [3.05, 3.63) is 34.9 Å². The third-order valence-electron chi connectivity index (χ3n) is 3.76. The Balaban J connectivity index is 1.84. The van der Waals surface area contributed by atoms with E-state index < -0.39 is 0 Å². The van der Waals surface area contributed by atoms with Crippen molar-refractivity contribution in [2.75, 3.05) is 20.1 Å². The van der Waals surface area contributed by atoms with Crippen molar-refractivity contribution in [3.63, 3.8) is 0 Å². The van der Waals surface area contributed by atoms with Crippen molar-refractivity contribution in [1.29, 1.82) is 0 Å². The number of hydrogen-bond donors (Lipinski definition) is 1. The van der Waals surface area contributed by atoms with Crippen LogP contribution in [-0.4, -0.2) is 25.0 Å². The number of nitrogens with two attached hydrogens (primary N) is 1. The zero-order valence-electron chi connectivity index (χ0n) is 11.9. The normalized spacial score (nSPS) is 17.2. The van der Waals surface area contributed by atoms with Crippen LogP contribution in [0.15, 0.2) is 18.2 Å². The lowest BCUT2D eigenvalue weighted by molar-refractivity contribution is 0.306. The van der Waals surface area contributed by atoms with Crippen molar-refractivity contribution < 1.29 is 0 Å². The predicted octanol–water partition coefficient (Wildman–Crippen LogP) is 3.04. The molecule has 2 N–H and O–H groups in total. The molecule has 1 aromatic rings. The second-order valence-corrected chi connectivity index (χ2v) is 6.02. The second-order valence-electron chi connectivity index (χ2n) is 6.02. The topological polar surface area (TPSA) is 29.3 Å². The van der Waals surface area contributed by atoms with Crippen molar-refractivity contribution >= 4 is 0 Å². The molecule has 1 unspecified atom stereocenters. The van der Waals surface area contributed by atoms with E-state index in [1.807, 2.05) is 0 Å². The summed E-state index contributed by atoms with van der Waals surface area (Å²) in [6.07, 6.45) is 3.90. The lowest BCUT2D eigenvalue weighted by Gasteiger charge is -2.20. The molecule has 0 bridgehead atoms. The highest BCUT2D eigenvalue weighted by Gasteiger charge is 2.22. The van der Waals surface area contributed by atoms with Gasteiger partial charge in [-0.2, -0.15) is 0 Å². The molecule has 0 saturated heterocycles. The summed E-state index contributed by atoms with van der Waals surface area (Å²) in [5.74, 6) is 0.965. The van der Waals surface area contributed by atoms with Gasteiger partial charge in [-0.05, 0) is 58.2 Å². The zero-order chi connectivity index (χ0) is 13.1. The Morgan fingerprint density at radius 2 is 1.83 bits per heavy atom. The SMILES string of the molecule is Cc1cc(C)cc(C(N)CCN(C)CC2CC2)c1. The number of benzene rings is 1. The van der Waals surface area contributed by atoms with Crippen LogP contribution in [-0.2, 0) is 0 Å². The molecule has 0 heterocycles. The Bertz CT molecular complexity index is 376. The molecule has 1 atom stereocenters. The highest BCUT2D eigenvalue weighted by atomic mass is 15.1. The molecule has 2 rings (SSSR count). The van der Waals surface area contributed by atoms with E-state index in [1.165, 1.54) is 36.1 Å². The van der Waals surface area contributed by atoms with E-state index in [-0.39, 0.29) is 6.04 Å². The summed E-state index contributed by atoms with van der Waals surface area (Å²) in [5.41, 5.74) is 10.2. The van der Waals surface area contributed by atoms with Crippen molar-refractivity contribution in [2.24, 2.45) is 11.7 Å². The number of nitrogens with zero attached hydrogens (tertiary/aromatic N) is 1. The van der Waals surface area contributed by atoms with E-state index in [1.54, 1.807) is 0 Å². The average Bonchev–Trinajstić information content (AvgIpc) is 3.08. The van der Waals surface area contributed by atoms with E-state index >= 15 is 0 Å². The summed E-state index contributed by atoms with van der Waals surface area (Å²) >= 11 is 0. The summed E-state index contributed by atoms with van der Waals surface area (Å²) in [5, 5.41) is 0. The number of hydrogen-bond acceptors (Lipinski definition) is 2. The minimum Gasteiger partial charge on any atom is -0.324 e. The van der Waals surface area contributed by atoms with Gasteiger partial charge in [0.1, 0.15) is 0 Å². The molecule has 1 aliphatic carbocycles. The first kappa shape index (κ1) is 13.6. The largest absolute Gasteiger partial charge is 0.324 e. The fraction of sp³-hybridized carbons (Fsp3) is 0.625. The molecule has 0 radical (unpaired) electrons. The average molecular weight is 246 g/mol.